The first-order chi connectivity index (χ1) is 20.1. The molecular weight excluding hydrogens is 532 g/mol. The third-order valence-electron chi connectivity index (χ3n) is 8.82. The summed E-state index contributed by atoms with van der Waals surface area (Å²) in [4.78, 5) is 33.0. The summed E-state index contributed by atoms with van der Waals surface area (Å²) in [7, 11) is 1.48. The Hall–Kier alpha value is -3.21. The minimum absolute atomic E-state index is 0.192. The Morgan fingerprint density at radius 3 is 2.48 bits per heavy atom. The molecule has 0 atom stereocenters. The molecule has 1 saturated carbocycles. The summed E-state index contributed by atoms with van der Waals surface area (Å²) in [5, 5.41) is 0. The highest BCUT2D eigenvalue weighted by Crippen LogP contribution is 2.35. The number of nitrogens with one attached hydrogen (secondary N) is 1. The van der Waals surface area contributed by atoms with Crippen molar-refractivity contribution in [2.45, 2.75) is 71.1 Å². The van der Waals surface area contributed by atoms with Crippen LogP contribution in [0.15, 0.2) is 24.3 Å². The third-order valence-corrected chi connectivity index (χ3v) is 8.82. The van der Waals surface area contributed by atoms with Crippen LogP contribution in [0.3, 0.4) is 0 Å². The van der Waals surface area contributed by atoms with Gasteiger partial charge >= 0.3 is 6.09 Å². The summed E-state index contributed by atoms with van der Waals surface area (Å²) in [5.41, 5.74) is 17.3. The number of aromatic amines is 1. The molecule has 0 spiro atoms. The van der Waals surface area contributed by atoms with E-state index in [1.165, 1.54) is 44.1 Å². The van der Waals surface area contributed by atoms with Crippen LogP contribution in [0.25, 0.3) is 11.8 Å². The average Bonchev–Trinajstić information content (AvgIpc) is 3.27. The second-order valence-electron chi connectivity index (χ2n) is 12.9. The van der Waals surface area contributed by atoms with Gasteiger partial charge in [0.05, 0.1) is 7.11 Å². The molecule has 230 valence electrons. The van der Waals surface area contributed by atoms with E-state index in [1.807, 2.05) is 56.0 Å². The van der Waals surface area contributed by atoms with Crippen LogP contribution in [-0.2, 0) is 22.6 Å². The number of ether oxygens (including phenoxy) is 1. The number of nitrogens with zero attached hydrogens (tertiary/aromatic N) is 3. The summed E-state index contributed by atoms with van der Waals surface area (Å²) < 4.78 is 5.55. The quantitative estimate of drug-likeness (QED) is 0.324. The number of para-hydroxylation sites is 1. The standard InChI is InChI=1S/C32H48N6O4/c1-32(2,3)41-31(39)37-17-15-36(16-18-37)20-22-9-11-23(12-10-22)38-14-13-28-26(21-38)25(30(34)35-28)19-27(33)24-7-5-6-8-29(24)42-40-4/h5-8,19,22-23,35H,9-18,20-21,33-34H2,1-4H3/b27-19-. The zero-order valence-electron chi connectivity index (χ0n) is 25.7. The molecule has 5 rings (SSSR count). The van der Waals surface area contributed by atoms with Crippen molar-refractivity contribution in [3.63, 3.8) is 0 Å². The first-order valence-corrected chi connectivity index (χ1v) is 15.3. The van der Waals surface area contributed by atoms with Crippen molar-refractivity contribution >= 4 is 23.7 Å². The van der Waals surface area contributed by atoms with Crippen LogP contribution in [0.2, 0.25) is 0 Å². The van der Waals surface area contributed by atoms with Gasteiger partial charge in [0.1, 0.15) is 11.4 Å². The van der Waals surface area contributed by atoms with Crippen molar-refractivity contribution in [3.05, 3.63) is 46.6 Å². The van der Waals surface area contributed by atoms with Crippen molar-refractivity contribution in [2.75, 3.05) is 52.1 Å². The predicted molar refractivity (Wildman–Crippen MR) is 165 cm³/mol. The number of nitrogen functional groups attached to an aromatic ring is 1. The van der Waals surface area contributed by atoms with Gasteiger partial charge < -0.3 is 31.0 Å². The minimum Gasteiger partial charge on any atom is -0.444 e. The van der Waals surface area contributed by atoms with Gasteiger partial charge in [-0.2, -0.15) is 4.89 Å². The van der Waals surface area contributed by atoms with Crippen LogP contribution in [0.5, 0.6) is 5.75 Å². The number of hydrogen-bond acceptors (Lipinski definition) is 8. The summed E-state index contributed by atoms with van der Waals surface area (Å²) in [6.07, 6.45) is 7.64. The molecule has 1 saturated heterocycles. The lowest BCUT2D eigenvalue weighted by Crippen LogP contribution is -2.51. The van der Waals surface area contributed by atoms with Crippen LogP contribution < -0.4 is 16.4 Å². The largest absolute Gasteiger partial charge is 0.444 e. The normalized spacial score (nSPS) is 22.6. The van der Waals surface area contributed by atoms with Gasteiger partial charge in [-0.25, -0.2) is 4.79 Å². The number of fused-ring (bicyclic) bond motifs is 1. The SMILES string of the molecule is COOc1ccccc1/C(N)=C/c1c(N)[nH]c2c1CN(C1CCC(CN3CCN(C(=O)OC(C)(C)C)CC3)CC1)CC2. The Morgan fingerprint density at radius 2 is 1.79 bits per heavy atom. The number of benzene rings is 1. The smallest absolute Gasteiger partial charge is 0.410 e. The number of piperazine rings is 1. The first-order valence-electron chi connectivity index (χ1n) is 15.3. The van der Waals surface area contributed by atoms with E-state index < -0.39 is 5.60 Å². The molecule has 10 heteroatoms. The van der Waals surface area contributed by atoms with Crippen LogP contribution in [0, 0.1) is 5.92 Å². The van der Waals surface area contributed by atoms with E-state index in [-0.39, 0.29) is 6.09 Å². The molecule has 2 aromatic rings. The summed E-state index contributed by atoms with van der Waals surface area (Å²) in [6, 6.07) is 8.14. The van der Waals surface area contributed by atoms with Gasteiger partial charge in [0.25, 0.3) is 0 Å². The van der Waals surface area contributed by atoms with Gasteiger partial charge in [0.15, 0.2) is 5.75 Å². The molecule has 1 aromatic carbocycles. The molecular formula is C32H48N6O4. The van der Waals surface area contributed by atoms with Crippen molar-refractivity contribution in [2.24, 2.45) is 11.7 Å². The molecule has 1 aliphatic carbocycles. The Labute approximate surface area is 249 Å². The number of hydrogen-bond donors (Lipinski definition) is 3. The van der Waals surface area contributed by atoms with Gasteiger partial charge in [-0.15, -0.1) is 0 Å². The van der Waals surface area contributed by atoms with Gasteiger partial charge in [-0.1, -0.05) is 12.1 Å². The van der Waals surface area contributed by atoms with Gasteiger partial charge in [-0.05, 0) is 76.1 Å². The van der Waals surface area contributed by atoms with Crippen molar-refractivity contribution < 1.29 is 19.3 Å². The summed E-state index contributed by atoms with van der Waals surface area (Å²) in [6.45, 7) is 12.1. The Kier molecular flexibility index (Phi) is 9.35. The highest BCUT2D eigenvalue weighted by Gasteiger charge is 2.32. The fourth-order valence-corrected chi connectivity index (χ4v) is 6.64. The first kappa shape index (κ1) is 30.3. The topological polar surface area (TPSA) is 122 Å². The predicted octanol–water partition coefficient (Wildman–Crippen LogP) is 4.46. The lowest BCUT2D eigenvalue weighted by Gasteiger charge is -2.41. The monoisotopic (exact) mass is 580 g/mol. The Bertz CT molecular complexity index is 1250. The number of carbonyl (C=O) groups is 1. The molecule has 2 fully saturated rings. The number of aromatic nitrogens is 1. The maximum Gasteiger partial charge on any atom is 0.410 e. The molecule has 3 heterocycles. The van der Waals surface area contributed by atoms with Crippen LogP contribution in [0.4, 0.5) is 10.6 Å². The second kappa shape index (κ2) is 13.0. The van der Waals surface area contributed by atoms with Crippen LogP contribution >= 0.6 is 0 Å². The number of rotatable bonds is 7. The van der Waals surface area contributed by atoms with Crippen molar-refractivity contribution in [1.82, 2.24) is 19.7 Å². The minimum atomic E-state index is -0.451. The summed E-state index contributed by atoms with van der Waals surface area (Å²) >= 11 is 0. The van der Waals surface area contributed by atoms with E-state index in [0.717, 1.165) is 63.4 Å². The fraction of sp³-hybridized carbons (Fsp3) is 0.594. The van der Waals surface area contributed by atoms with E-state index in [1.54, 1.807) is 0 Å². The molecule has 1 amide bonds. The van der Waals surface area contributed by atoms with Crippen molar-refractivity contribution in [1.29, 1.82) is 0 Å². The molecule has 5 N–H and O–H groups in total. The van der Waals surface area contributed by atoms with E-state index in [9.17, 15) is 4.79 Å². The van der Waals surface area contributed by atoms with E-state index in [0.29, 0.717) is 29.2 Å². The number of nitrogens with two attached hydrogens (primary N) is 2. The van der Waals surface area contributed by atoms with Crippen LogP contribution in [0.1, 0.15) is 68.8 Å². The average molecular weight is 581 g/mol. The number of H-pyrrole nitrogens is 1. The lowest BCUT2D eigenvalue weighted by molar-refractivity contribution is -0.178. The third kappa shape index (κ3) is 7.22. The Morgan fingerprint density at radius 1 is 1.07 bits per heavy atom. The fourth-order valence-electron chi connectivity index (χ4n) is 6.64. The maximum absolute atomic E-state index is 12.4. The molecule has 42 heavy (non-hydrogen) atoms. The van der Waals surface area contributed by atoms with E-state index >= 15 is 0 Å². The number of amides is 1. The Balaban J connectivity index is 1.14. The number of anilines is 1. The molecule has 1 aromatic heterocycles. The zero-order valence-corrected chi connectivity index (χ0v) is 25.7. The van der Waals surface area contributed by atoms with E-state index in [4.69, 9.17) is 26.0 Å². The van der Waals surface area contributed by atoms with Gasteiger partial charge in [0.2, 0.25) is 0 Å². The molecule has 0 unspecified atom stereocenters. The molecule has 0 bridgehead atoms. The zero-order chi connectivity index (χ0) is 29.9. The van der Waals surface area contributed by atoms with Gasteiger partial charge in [-0.3, -0.25) is 9.80 Å². The van der Waals surface area contributed by atoms with E-state index in [2.05, 4.69) is 14.8 Å². The molecule has 10 nitrogen and oxygen atoms in total. The molecule has 0 radical (unpaired) electrons. The lowest BCUT2D eigenvalue weighted by atomic mass is 9.84. The highest BCUT2D eigenvalue weighted by atomic mass is 17.2. The van der Waals surface area contributed by atoms with Crippen molar-refractivity contribution in [3.8, 4) is 5.75 Å². The maximum atomic E-state index is 12.4. The van der Waals surface area contributed by atoms with Gasteiger partial charge in [0, 0.05) is 80.8 Å². The number of carbonyl (C=O) groups excluding carboxylic acids is 1. The second-order valence-corrected chi connectivity index (χ2v) is 12.9. The summed E-state index contributed by atoms with van der Waals surface area (Å²) in [5.74, 6) is 1.94. The van der Waals surface area contributed by atoms with Crippen LogP contribution in [-0.4, -0.2) is 83.8 Å². The highest BCUT2D eigenvalue weighted by molar-refractivity contribution is 5.86. The molecule has 3 aliphatic rings. The molecule has 2 aliphatic heterocycles.